The van der Waals surface area contributed by atoms with Crippen molar-refractivity contribution in [3.8, 4) is 5.75 Å². The van der Waals surface area contributed by atoms with Crippen LogP contribution in [0.4, 0.5) is 0 Å². The van der Waals surface area contributed by atoms with Crippen molar-refractivity contribution in [2.45, 2.75) is 33.7 Å². The maximum absolute atomic E-state index is 5.63. The van der Waals surface area contributed by atoms with Gasteiger partial charge in [-0.05, 0) is 42.6 Å². The van der Waals surface area contributed by atoms with E-state index in [0.29, 0.717) is 5.92 Å². The van der Waals surface area contributed by atoms with Gasteiger partial charge >= 0.3 is 0 Å². The van der Waals surface area contributed by atoms with Crippen LogP contribution in [0.25, 0.3) is 0 Å². The van der Waals surface area contributed by atoms with Crippen LogP contribution in [0.15, 0.2) is 22.7 Å². The second-order valence-corrected chi connectivity index (χ2v) is 5.48. The molecule has 0 aliphatic rings. The Morgan fingerprint density at radius 2 is 2.12 bits per heavy atom. The smallest absolute Gasteiger partial charge is 0.119 e. The number of ether oxygens (including phenoxy) is 1. The highest BCUT2D eigenvalue weighted by atomic mass is 79.9. The minimum Gasteiger partial charge on any atom is -0.494 e. The van der Waals surface area contributed by atoms with Crippen molar-refractivity contribution in [2.75, 3.05) is 13.2 Å². The molecular weight excluding hydrogens is 278 g/mol. The molecule has 17 heavy (non-hydrogen) atoms. The van der Waals surface area contributed by atoms with Crippen molar-refractivity contribution in [3.63, 3.8) is 0 Å². The van der Waals surface area contributed by atoms with E-state index in [9.17, 15) is 0 Å². The molecule has 0 amide bonds. The first kappa shape index (κ1) is 14.5. The van der Waals surface area contributed by atoms with Crippen molar-refractivity contribution in [2.24, 2.45) is 5.92 Å². The third kappa shape index (κ3) is 5.55. The topological polar surface area (TPSA) is 21.3 Å². The molecule has 0 aliphatic heterocycles. The minimum absolute atomic E-state index is 0.674. The zero-order chi connectivity index (χ0) is 12.7. The minimum atomic E-state index is 0.674. The molecule has 0 atom stereocenters. The average molecular weight is 300 g/mol. The Kier molecular flexibility index (Phi) is 6.60. The first-order valence-electron chi connectivity index (χ1n) is 6.25. The lowest BCUT2D eigenvalue weighted by Crippen LogP contribution is -2.19. The molecule has 1 N–H and O–H groups in total. The molecule has 0 aliphatic carbocycles. The van der Waals surface area contributed by atoms with Crippen LogP contribution >= 0.6 is 15.9 Å². The second-order valence-electron chi connectivity index (χ2n) is 4.63. The maximum Gasteiger partial charge on any atom is 0.119 e. The van der Waals surface area contributed by atoms with E-state index >= 15 is 0 Å². The van der Waals surface area contributed by atoms with Crippen LogP contribution in [0.2, 0.25) is 0 Å². The van der Waals surface area contributed by atoms with Gasteiger partial charge in [-0.25, -0.2) is 0 Å². The number of hydrogen-bond donors (Lipinski definition) is 1. The third-order valence-electron chi connectivity index (χ3n) is 2.36. The van der Waals surface area contributed by atoms with Crippen molar-refractivity contribution in [1.29, 1.82) is 0 Å². The van der Waals surface area contributed by atoms with Gasteiger partial charge in [-0.2, -0.15) is 0 Å². The van der Waals surface area contributed by atoms with Crippen LogP contribution in [0.5, 0.6) is 5.75 Å². The average Bonchev–Trinajstić information content (AvgIpc) is 2.29. The summed E-state index contributed by atoms with van der Waals surface area (Å²) in [5.41, 5.74) is 1.25. The molecule has 96 valence electrons. The first-order valence-corrected chi connectivity index (χ1v) is 7.04. The molecule has 0 radical (unpaired) electrons. The molecule has 0 aromatic heterocycles. The van der Waals surface area contributed by atoms with Gasteiger partial charge in [0.15, 0.2) is 0 Å². The fourth-order valence-electron chi connectivity index (χ4n) is 1.49. The van der Waals surface area contributed by atoms with Gasteiger partial charge in [0.05, 0.1) is 6.61 Å². The number of nitrogens with one attached hydrogen (secondary N) is 1. The van der Waals surface area contributed by atoms with Crippen LogP contribution in [0.1, 0.15) is 32.8 Å². The Balaban J connectivity index is 2.56. The van der Waals surface area contributed by atoms with Crippen LogP contribution < -0.4 is 10.1 Å². The Hall–Kier alpha value is -0.540. The molecule has 0 unspecified atom stereocenters. The van der Waals surface area contributed by atoms with E-state index < -0.39 is 0 Å². The largest absolute Gasteiger partial charge is 0.494 e. The van der Waals surface area contributed by atoms with E-state index in [1.165, 1.54) is 5.56 Å². The predicted molar refractivity (Wildman–Crippen MR) is 76.5 cm³/mol. The lowest BCUT2D eigenvalue weighted by molar-refractivity contribution is 0.317. The molecule has 2 nitrogen and oxygen atoms in total. The molecular formula is C14H22BrNO. The quantitative estimate of drug-likeness (QED) is 0.822. The van der Waals surface area contributed by atoms with Crippen molar-refractivity contribution in [1.82, 2.24) is 5.32 Å². The summed E-state index contributed by atoms with van der Waals surface area (Å²) in [7, 11) is 0. The van der Waals surface area contributed by atoms with Crippen molar-refractivity contribution >= 4 is 15.9 Å². The van der Waals surface area contributed by atoms with Gasteiger partial charge in [-0.15, -0.1) is 0 Å². The van der Waals surface area contributed by atoms with Gasteiger partial charge in [0, 0.05) is 11.0 Å². The molecule has 1 aromatic carbocycles. The number of benzene rings is 1. The van der Waals surface area contributed by atoms with Gasteiger partial charge in [-0.1, -0.05) is 36.7 Å². The standard InChI is InChI=1S/C14H22BrNO/c1-4-7-17-13-5-6-14(15)12(8-13)10-16-9-11(2)3/h5-6,8,11,16H,4,7,9-10H2,1-3H3. The first-order chi connectivity index (χ1) is 8.13. The van der Waals surface area contributed by atoms with E-state index in [1.54, 1.807) is 0 Å². The molecule has 0 fully saturated rings. The normalized spacial score (nSPS) is 10.9. The summed E-state index contributed by atoms with van der Waals surface area (Å²) >= 11 is 3.57. The highest BCUT2D eigenvalue weighted by Gasteiger charge is 2.03. The Morgan fingerprint density at radius 1 is 1.35 bits per heavy atom. The summed E-state index contributed by atoms with van der Waals surface area (Å²) in [6, 6.07) is 6.16. The van der Waals surface area contributed by atoms with E-state index in [2.05, 4.69) is 54.2 Å². The van der Waals surface area contributed by atoms with Gasteiger partial charge in [0.2, 0.25) is 0 Å². The molecule has 0 bridgehead atoms. The van der Waals surface area contributed by atoms with Crippen LogP contribution in [0, 0.1) is 5.92 Å². The Morgan fingerprint density at radius 3 is 2.76 bits per heavy atom. The molecule has 0 saturated heterocycles. The van der Waals surface area contributed by atoms with Crippen molar-refractivity contribution in [3.05, 3.63) is 28.2 Å². The summed E-state index contributed by atoms with van der Waals surface area (Å²) in [5, 5.41) is 3.44. The summed E-state index contributed by atoms with van der Waals surface area (Å²) in [6.07, 6.45) is 1.04. The van der Waals surface area contributed by atoms with Crippen LogP contribution in [0.3, 0.4) is 0 Å². The Labute approximate surface area is 113 Å². The number of hydrogen-bond acceptors (Lipinski definition) is 2. The van der Waals surface area contributed by atoms with E-state index in [4.69, 9.17) is 4.74 Å². The zero-order valence-corrected chi connectivity index (χ0v) is 12.5. The Bertz CT molecular complexity index is 339. The van der Waals surface area contributed by atoms with Gasteiger partial charge in [0.1, 0.15) is 5.75 Å². The van der Waals surface area contributed by atoms with Crippen LogP contribution in [-0.4, -0.2) is 13.2 Å². The van der Waals surface area contributed by atoms with Gasteiger partial charge < -0.3 is 10.1 Å². The van der Waals surface area contributed by atoms with Crippen LogP contribution in [-0.2, 0) is 6.54 Å². The number of rotatable bonds is 7. The highest BCUT2D eigenvalue weighted by molar-refractivity contribution is 9.10. The summed E-state index contributed by atoms with van der Waals surface area (Å²) < 4.78 is 6.77. The molecule has 3 heteroatoms. The fourth-order valence-corrected chi connectivity index (χ4v) is 1.88. The van der Waals surface area contributed by atoms with Crippen molar-refractivity contribution < 1.29 is 4.74 Å². The molecule has 0 saturated carbocycles. The maximum atomic E-state index is 5.63. The third-order valence-corrected chi connectivity index (χ3v) is 3.13. The molecule has 1 rings (SSSR count). The highest BCUT2D eigenvalue weighted by Crippen LogP contribution is 2.22. The summed E-state index contributed by atoms with van der Waals surface area (Å²) in [6.45, 7) is 9.23. The molecule has 1 aromatic rings. The molecule has 0 spiro atoms. The summed E-state index contributed by atoms with van der Waals surface area (Å²) in [4.78, 5) is 0. The monoisotopic (exact) mass is 299 g/mol. The van der Waals surface area contributed by atoms with E-state index in [1.807, 2.05) is 6.07 Å². The predicted octanol–water partition coefficient (Wildman–Crippen LogP) is 3.98. The van der Waals surface area contributed by atoms with Gasteiger partial charge in [0.25, 0.3) is 0 Å². The van der Waals surface area contributed by atoms with Gasteiger partial charge in [-0.3, -0.25) is 0 Å². The second kappa shape index (κ2) is 7.72. The van der Waals surface area contributed by atoms with E-state index in [-0.39, 0.29) is 0 Å². The fraction of sp³-hybridized carbons (Fsp3) is 0.571. The lowest BCUT2D eigenvalue weighted by Gasteiger charge is -2.11. The SMILES string of the molecule is CCCOc1ccc(Br)c(CNCC(C)C)c1. The number of halogens is 1. The zero-order valence-electron chi connectivity index (χ0n) is 10.9. The molecule has 0 heterocycles. The lowest BCUT2D eigenvalue weighted by atomic mass is 10.2. The summed E-state index contributed by atoms with van der Waals surface area (Å²) in [5.74, 6) is 1.63. The van der Waals surface area contributed by atoms with E-state index in [0.717, 1.165) is 36.3 Å².